The first-order valence-electron chi connectivity index (χ1n) is 17.7. The number of aliphatic hydroxyl groups is 2. The van der Waals surface area contributed by atoms with Crippen molar-refractivity contribution in [3.8, 4) is 5.75 Å². The first kappa shape index (κ1) is 50.6. The van der Waals surface area contributed by atoms with Crippen molar-refractivity contribution in [2.45, 2.75) is 57.3 Å². The lowest BCUT2D eigenvalue weighted by Gasteiger charge is -2.34. The second-order valence-corrected chi connectivity index (χ2v) is 19.0. The smallest absolute Gasteiger partial charge is 0.481 e. The fraction of sp³-hybridized carbons (Fsp3) is 0.469. The average Bonchev–Trinajstić information content (AvgIpc) is 3.74. The predicted octanol–water partition coefficient (Wildman–Crippen LogP) is -1.94. The van der Waals surface area contributed by atoms with Crippen molar-refractivity contribution in [3.63, 3.8) is 0 Å². The number of rotatable bonds is 23. The molecule has 1 aromatic carbocycles. The van der Waals surface area contributed by atoms with E-state index in [1.165, 1.54) is 50.3 Å². The third-order valence-corrected chi connectivity index (χ3v) is 12.2. The molecule has 1 aliphatic heterocycles. The monoisotopic (exact) mass is 951 g/mol. The van der Waals surface area contributed by atoms with Crippen LogP contribution in [0.25, 0.3) is 17.2 Å². The zero-order valence-corrected chi connectivity index (χ0v) is 35.9. The number of thioether (sulfide) groups is 1. The highest BCUT2D eigenvalue weighted by Crippen LogP contribution is 2.61. The van der Waals surface area contributed by atoms with Crippen molar-refractivity contribution < 1.29 is 91.0 Å². The molecule has 0 bridgehead atoms. The number of anilines is 1. The number of benzene rings is 1. The van der Waals surface area contributed by atoms with Crippen LogP contribution in [0.3, 0.4) is 0 Å². The Morgan fingerprint density at radius 2 is 1.74 bits per heavy atom. The molecule has 7 N–H and O–H groups in total. The largest absolute Gasteiger partial charge is 0.872 e. The lowest BCUT2D eigenvalue weighted by molar-refractivity contribution is -0.268. The second-order valence-electron chi connectivity index (χ2n) is 13.7. The number of phosphoric acid groups is 3. The zero-order valence-electron chi connectivity index (χ0n) is 32.4. The maximum absolute atomic E-state index is 12.7. The van der Waals surface area contributed by atoms with Gasteiger partial charge in [-0.15, -0.1) is 5.75 Å². The van der Waals surface area contributed by atoms with Gasteiger partial charge in [-0.25, -0.2) is 24.1 Å². The highest BCUT2D eigenvalue weighted by atomic mass is 32.2. The van der Waals surface area contributed by atoms with Gasteiger partial charge in [0, 0.05) is 24.3 Å². The maximum Gasteiger partial charge on any atom is 0.481 e. The Balaban J connectivity index is 1.22. The maximum atomic E-state index is 12.7. The molecule has 26 nitrogen and oxygen atoms in total. The van der Waals surface area contributed by atoms with Crippen molar-refractivity contribution in [2.75, 3.05) is 37.8 Å². The fourth-order valence-corrected chi connectivity index (χ4v) is 8.68. The van der Waals surface area contributed by atoms with Crippen LogP contribution in [0.15, 0.2) is 53.0 Å². The number of nitrogen functional groups attached to an aromatic ring is 1. The third kappa shape index (κ3) is 15.4. The Bertz CT molecular complexity index is 2290. The number of phosphoric ester groups is 3. The predicted molar refractivity (Wildman–Crippen MR) is 208 cm³/mol. The van der Waals surface area contributed by atoms with Crippen molar-refractivity contribution in [2.24, 2.45) is 15.4 Å². The molecule has 8 atom stereocenters. The van der Waals surface area contributed by atoms with Crippen LogP contribution in [0.4, 0.5) is 5.82 Å². The van der Waals surface area contributed by atoms with E-state index in [9.17, 15) is 68.4 Å². The highest BCUT2D eigenvalue weighted by molar-refractivity contribution is 8.13. The quantitative estimate of drug-likeness (QED) is 0.0150. The van der Waals surface area contributed by atoms with Crippen LogP contribution in [0.5, 0.6) is 5.75 Å². The number of ether oxygens (including phenoxy) is 1. The van der Waals surface area contributed by atoms with Crippen LogP contribution >= 0.6 is 35.2 Å². The lowest BCUT2D eigenvalue weighted by Crippen LogP contribution is -2.45. The van der Waals surface area contributed by atoms with E-state index in [1.807, 2.05) is 0 Å². The van der Waals surface area contributed by atoms with Crippen molar-refractivity contribution >= 4 is 81.0 Å². The molecule has 0 amide bonds. The number of allylic oxidation sites excluding steroid dienone is 1. The summed E-state index contributed by atoms with van der Waals surface area (Å²) in [5.41, 5.74) is 4.71. The van der Waals surface area contributed by atoms with Gasteiger partial charge in [-0.1, -0.05) is 56.0 Å². The number of aliphatic hydroxyl groups excluding tert-OH is 2. The molecular weight excluding hydrogens is 911 g/mol. The third-order valence-electron chi connectivity index (χ3n) is 8.30. The minimum Gasteiger partial charge on any atom is -0.872 e. The summed E-state index contributed by atoms with van der Waals surface area (Å²) in [6.07, 6.45) is -5.27. The minimum atomic E-state index is -5.63. The van der Waals surface area contributed by atoms with Gasteiger partial charge in [0.15, 0.2) is 28.6 Å². The van der Waals surface area contributed by atoms with Crippen LogP contribution in [-0.4, -0.2) is 124 Å². The number of nitrogens with two attached hydrogens (primary N) is 1. The standard InChI is InChI=1S/C32H44N7O19P3S/c1-32(2,27(45)30(46)35-10-9-22(42)34-11-12-62-23(43)13-20(41)8-5-18-3-6-19(40)7-4-18)15-55-61(52,53)58-60(50,51)54-14-21-26(57-59(47,48)49)25(44)31(56-21)39-17-38-24-28(33)36-16-37-29(24)39/h3-8,16-17,21,25-27,31,40,44-45H,9-15H2,1-2H3,(H,34,42)(H,35,46)(H,50,51)(H,52,53)(H2,33,36,37)(H2,47,48,49)/p-4/t21-,25-,26-,27+,31-/m1/s1. The number of nitrogens with zero attached hydrogens (tertiary/aromatic N) is 6. The number of aliphatic imine (C=N–C) groups is 2. The Kier molecular flexibility index (Phi) is 17.6. The van der Waals surface area contributed by atoms with Crippen LogP contribution in [-0.2, 0) is 45.9 Å². The molecule has 3 unspecified atom stereocenters. The summed E-state index contributed by atoms with van der Waals surface area (Å²) in [5.74, 6) is -2.50. The Morgan fingerprint density at radius 3 is 2.42 bits per heavy atom. The molecule has 342 valence electrons. The number of ketones is 1. The molecule has 0 radical (unpaired) electrons. The van der Waals surface area contributed by atoms with Gasteiger partial charge in [-0.3, -0.25) is 27.8 Å². The fourth-order valence-electron chi connectivity index (χ4n) is 5.21. The van der Waals surface area contributed by atoms with Gasteiger partial charge in [0.2, 0.25) is 0 Å². The molecule has 2 aromatic heterocycles. The van der Waals surface area contributed by atoms with Gasteiger partial charge in [0.05, 0.1) is 32.1 Å². The van der Waals surface area contributed by atoms with E-state index in [-0.39, 0.29) is 41.4 Å². The van der Waals surface area contributed by atoms with Crippen LogP contribution in [0.1, 0.15) is 38.5 Å². The van der Waals surface area contributed by atoms with Gasteiger partial charge in [0.1, 0.15) is 30.2 Å². The molecule has 0 spiro atoms. The molecule has 0 aliphatic carbocycles. The van der Waals surface area contributed by atoms with E-state index in [1.54, 1.807) is 0 Å². The number of hydrogen-bond acceptors (Lipinski definition) is 23. The summed E-state index contributed by atoms with van der Waals surface area (Å²) in [4.78, 5) is 84.3. The van der Waals surface area contributed by atoms with Crippen molar-refractivity contribution in [1.29, 1.82) is 0 Å². The van der Waals surface area contributed by atoms with Crippen molar-refractivity contribution in [3.05, 3.63) is 48.6 Å². The normalized spacial score (nSPS) is 22.3. The van der Waals surface area contributed by atoms with E-state index >= 15 is 0 Å². The molecule has 3 heterocycles. The van der Waals surface area contributed by atoms with Crippen LogP contribution < -0.4 is 25.9 Å². The second kappa shape index (κ2) is 21.6. The molecule has 1 aliphatic rings. The van der Waals surface area contributed by atoms with Gasteiger partial charge in [-0.05, 0) is 29.9 Å². The first-order chi connectivity index (χ1) is 28.9. The SMILES string of the molecule is CC(C)(COP(=O)(O)OP(=O)(O)OC[C@H]1O[C@@H](n2cnc3c(N)ncnc32)[C@H](O)[C@@H]1OP(=O)([O-])O)[C@@H](O)C([O-])=NCCC([O-])=NCCSC(=O)CC(=O)C=Cc1ccc([O-])cc1. The van der Waals surface area contributed by atoms with E-state index in [4.69, 9.17) is 19.5 Å². The van der Waals surface area contributed by atoms with Gasteiger partial charge < -0.3 is 70.1 Å². The number of fused-ring (bicyclic) bond motifs is 1. The summed E-state index contributed by atoms with van der Waals surface area (Å²) in [6.45, 7) is -0.272. The number of imidazole rings is 1. The van der Waals surface area contributed by atoms with Gasteiger partial charge in [-0.2, -0.15) is 4.31 Å². The number of aromatic nitrogens is 4. The molecule has 3 aromatic rings. The lowest BCUT2D eigenvalue weighted by atomic mass is 9.87. The molecule has 62 heavy (non-hydrogen) atoms. The molecule has 1 saturated heterocycles. The molecule has 0 saturated carbocycles. The molecule has 30 heteroatoms. The van der Waals surface area contributed by atoms with Gasteiger partial charge in [0.25, 0.3) is 7.82 Å². The first-order valence-corrected chi connectivity index (χ1v) is 23.2. The molecule has 4 rings (SSSR count). The van der Waals surface area contributed by atoms with E-state index in [0.29, 0.717) is 5.56 Å². The Labute approximate surface area is 355 Å². The minimum absolute atomic E-state index is 0.00158. The highest BCUT2D eigenvalue weighted by Gasteiger charge is 2.49. The topological polar surface area (TPSA) is 419 Å². The number of hydrogen-bond donors (Lipinski definition) is 6. The summed E-state index contributed by atoms with van der Waals surface area (Å²) >= 11 is 0.785. The zero-order chi connectivity index (χ0) is 46.0. The van der Waals surface area contributed by atoms with E-state index in [0.717, 1.165) is 29.0 Å². The summed E-state index contributed by atoms with van der Waals surface area (Å²) in [5, 5.41) is 56.7. The Hall–Kier alpha value is -4.01. The summed E-state index contributed by atoms with van der Waals surface area (Å²) in [7, 11) is -16.8. The number of carbonyl (C=O) groups is 2. The number of carbonyl (C=O) groups excluding carboxylic acids is 2. The van der Waals surface area contributed by atoms with E-state index in [2.05, 4.69) is 33.8 Å². The molecular formula is C32H40N7O19P3S-4. The van der Waals surface area contributed by atoms with Gasteiger partial charge >= 0.3 is 15.6 Å². The Morgan fingerprint density at radius 1 is 1.06 bits per heavy atom. The molecule has 1 fully saturated rings. The van der Waals surface area contributed by atoms with Crippen LogP contribution in [0, 0.1) is 5.41 Å². The summed E-state index contributed by atoms with van der Waals surface area (Å²) in [6, 6.07) is 5.70. The average molecular weight is 952 g/mol. The van der Waals surface area contributed by atoms with Crippen LogP contribution in [0.2, 0.25) is 0 Å². The van der Waals surface area contributed by atoms with E-state index < -0.39 is 108 Å². The van der Waals surface area contributed by atoms with Crippen molar-refractivity contribution in [1.82, 2.24) is 19.5 Å². The summed E-state index contributed by atoms with van der Waals surface area (Å²) < 4.78 is 61.7.